The lowest BCUT2D eigenvalue weighted by Crippen LogP contribution is -2.04. The van der Waals surface area contributed by atoms with Gasteiger partial charge in [-0.05, 0) is 36.4 Å². The second-order valence-electron chi connectivity index (χ2n) is 3.14. The number of hydrogen-bond acceptors (Lipinski definition) is 2. The molecule has 0 spiro atoms. The summed E-state index contributed by atoms with van der Waals surface area (Å²) in [4.78, 5) is 0. The summed E-state index contributed by atoms with van der Waals surface area (Å²) >= 11 is 5.45. The zero-order valence-electron chi connectivity index (χ0n) is 8.64. The van der Waals surface area contributed by atoms with Crippen LogP contribution < -0.4 is 5.32 Å². The van der Waals surface area contributed by atoms with Gasteiger partial charge in [-0.25, -0.2) is 0 Å². The van der Waals surface area contributed by atoms with Crippen LogP contribution in [0.1, 0.15) is 12.5 Å². The molecule has 0 fully saturated rings. The number of thioether (sulfide) groups is 1. The summed E-state index contributed by atoms with van der Waals surface area (Å²) in [6.45, 7) is 5.33. The van der Waals surface area contributed by atoms with Crippen LogP contribution in [0.2, 0.25) is 0 Å². The van der Waals surface area contributed by atoms with Crippen LogP contribution in [0, 0.1) is 6.92 Å². The first-order chi connectivity index (χ1) is 6.72. The average molecular weight is 274 g/mol. The third-order valence-corrected chi connectivity index (χ3v) is 3.18. The Morgan fingerprint density at radius 2 is 2.14 bits per heavy atom. The van der Waals surface area contributed by atoms with Crippen molar-refractivity contribution in [3.05, 3.63) is 28.2 Å². The fraction of sp³-hybridized carbons (Fsp3) is 0.455. The highest BCUT2D eigenvalue weighted by Gasteiger charge is 1.95. The number of benzene rings is 1. The molecule has 1 aromatic rings. The lowest BCUT2D eigenvalue weighted by molar-refractivity contribution is 1.22. The summed E-state index contributed by atoms with van der Waals surface area (Å²) in [6.07, 6.45) is 0. The number of nitrogens with one attached hydrogen (secondary N) is 1. The number of anilines is 1. The molecule has 0 aliphatic heterocycles. The minimum Gasteiger partial charge on any atom is -0.384 e. The molecule has 1 rings (SSSR count). The Kier molecular flexibility index (Phi) is 5.41. The van der Waals surface area contributed by atoms with Crippen molar-refractivity contribution in [3.8, 4) is 0 Å². The zero-order valence-corrected chi connectivity index (χ0v) is 11.0. The Bertz CT molecular complexity index is 268. The molecule has 0 atom stereocenters. The molecule has 0 heterocycles. The SMILES string of the molecule is CCSCCNc1cc(C)cc(Br)c1. The largest absolute Gasteiger partial charge is 0.384 e. The zero-order chi connectivity index (χ0) is 10.4. The van der Waals surface area contributed by atoms with Gasteiger partial charge in [-0.2, -0.15) is 11.8 Å². The van der Waals surface area contributed by atoms with Crippen molar-refractivity contribution >= 4 is 33.4 Å². The van der Waals surface area contributed by atoms with Gasteiger partial charge in [0, 0.05) is 22.5 Å². The molecule has 0 unspecified atom stereocenters. The molecule has 0 amide bonds. The lowest BCUT2D eigenvalue weighted by atomic mass is 10.2. The molecule has 0 saturated carbocycles. The fourth-order valence-electron chi connectivity index (χ4n) is 1.25. The highest BCUT2D eigenvalue weighted by molar-refractivity contribution is 9.10. The highest BCUT2D eigenvalue weighted by Crippen LogP contribution is 2.18. The van der Waals surface area contributed by atoms with Gasteiger partial charge in [0.25, 0.3) is 0 Å². The summed E-state index contributed by atoms with van der Waals surface area (Å²) in [5, 5.41) is 3.41. The summed E-state index contributed by atoms with van der Waals surface area (Å²) < 4.78 is 1.14. The van der Waals surface area contributed by atoms with Crippen molar-refractivity contribution in [3.63, 3.8) is 0 Å². The topological polar surface area (TPSA) is 12.0 Å². The quantitative estimate of drug-likeness (QED) is 0.817. The Labute approximate surface area is 98.8 Å². The van der Waals surface area contributed by atoms with E-state index in [1.807, 2.05) is 11.8 Å². The van der Waals surface area contributed by atoms with Crippen LogP contribution in [-0.4, -0.2) is 18.1 Å². The van der Waals surface area contributed by atoms with E-state index in [2.05, 4.69) is 53.3 Å². The van der Waals surface area contributed by atoms with Crippen molar-refractivity contribution in [1.82, 2.24) is 0 Å². The molecule has 0 radical (unpaired) electrons. The van der Waals surface area contributed by atoms with E-state index in [4.69, 9.17) is 0 Å². The molecule has 78 valence electrons. The maximum atomic E-state index is 3.49. The second kappa shape index (κ2) is 6.36. The third kappa shape index (κ3) is 4.38. The molecule has 0 aliphatic rings. The van der Waals surface area contributed by atoms with E-state index in [1.54, 1.807) is 0 Å². The minimum absolute atomic E-state index is 1.04. The van der Waals surface area contributed by atoms with Gasteiger partial charge >= 0.3 is 0 Å². The highest BCUT2D eigenvalue weighted by atomic mass is 79.9. The van der Waals surface area contributed by atoms with Crippen LogP contribution in [-0.2, 0) is 0 Å². The first-order valence-electron chi connectivity index (χ1n) is 4.81. The molecule has 14 heavy (non-hydrogen) atoms. The first-order valence-corrected chi connectivity index (χ1v) is 6.76. The van der Waals surface area contributed by atoms with Gasteiger partial charge in [0.05, 0.1) is 0 Å². The van der Waals surface area contributed by atoms with Gasteiger partial charge in [-0.15, -0.1) is 0 Å². The number of rotatable bonds is 5. The van der Waals surface area contributed by atoms with E-state index < -0.39 is 0 Å². The van der Waals surface area contributed by atoms with E-state index in [0.29, 0.717) is 0 Å². The van der Waals surface area contributed by atoms with Crippen LogP contribution in [0.5, 0.6) is 0 Å². The summed E-state index contributed by atoms with van der Waals surface area (Å²) in [7, 11) is 0. The summed E-state index contributed by atoms with van der Waals surface area (Å²) in [6, 6.07) is 6.40. The van der Waals surface area contributed by atoms with Crippen molar-refractivity contribution < 1.29 is 0 Å². The van der Waals surface area contributed by atoms with E-state index >= 15 is 0 Å². The monoisotopic (exact) mass is 273 g/mol. The Hall–Kier alpha value is -0.150. The predicted octanol–water partition coefficient (Wildman–Crippen LogP) is 3.92. The maximum absolute atomic E-state index is 3.49. The van der Waals surface area contributed by atoms with Crippen molar-refractivity contribution in [2.24, 2.45) is 0 Å². The number of aryl methyl sites for hydroxylation is 1. The van der Waals surface area contributed by atoms with Gasteiger partial charge in [-0.1, -0.05) is 22.9 Å². The Balaban J connectivity index is 2.42. The molecule has 0 bridgehead atoms. The smallest absolute Gasteiger partial charge is 0.0354 e. The van der Waals surface area contributed by atoms with Gasteiger partial charge in [0.15, 0.2) is 0 Å². The second-order valence-corrected chi connectivity index (χ2v) is 5.45. The first kappa shape index (κ1) is 11.9. The van der Waals surface area contributed by atoms with Gasteiger partial charge in [-0.3, -0.25) is 0 Å². The Morgan fingerprint density at radius 1 is 1.36 bits per heavy atom. The van der Waals surface area contributed by atoms with Gasteiger partial charge < -0.3 is 5.32 Å². The maximum Gasteiger partial charge on any atom is 0.0354 e. The molecule has 0 saturated heterocycles. The van der Waals surface area contributed by atoms with Crippen LogP contribution in [0.15, 0.2) is 22.7 Å². The molecule has 1 aromatic carbocycles. The van der Waals surface area contributed by atoms with Crippen LogP contribution in [0.25, 0.3) is 0 Å². The van der Waals surface area contributed by atoms with Crippen LogP contribution >= 0.6 is 27.7 Å². The Morgan fingerprint density at radius 3 is 2.79 bits per heavy atom. The van der Waals surface area contributed by atoms with Crippen molar-refractivity contribution in [2.75, 3.05) is 23.4 Å². The number of halogens is 1. The number of hydrogen-bond donors (Lipinski definition) is 1. The van der Waals surface area contributed by atoms with E-state index in [1.165, 1.54) is 22.8 Å². The van der Waals surface area contributed by atoms with Crippen LogP contribution in [0.3, 0.4) is 0 Å². The van der Waals surface area contributed by atoms with E-state index in [0.717, 1.165) is 11.0 Å². The molecule has 0 aromatic heterocycles. The van der Waals surface area contributed by atoms with E-state index in [-0.39, 0.29) is 0 Å². The molecular weight excluding hydrogens is 258 g/mol. The molecule has 3 heteroatoms. The summed E-state index contributed by atoms with van der Waals surface area (Å²) in [5.74, 6) is 2.36. The lowest BCUT2D eigenvalue weighted by Gasteiger charge is -2.07. The average Bonchev–Trinajstić information content (AvgIpc) is 2.11. The van der Waals surface area contributed by atoms with Gasteiger partial charge in [0.2, 0.25) is 0 Å². The molecule has 1 nitrogen and oxygen atoms in total. The molecule has 1 N–H and O–H groups in total. The minimum atomic E-state index is 1.04. The summed E-state index contributed by atoms with van der Waals surface area (Å²) in [5.41, 5.74) is 2.48. The normalized spacial score (nSPS) is 10.2. The third-order valence-electron chi connectivity index (χ3n) is 1.82. The van der Waals surface area contributed by atoms with Gasteiger partial charge in [0.1, 0.15) is 0 Å². The molecular formula is C11H16BrNS. The van der Waals surface area contributed by atoms with Crippen molar-refractivity contribution in [2.45, 2.75) is 13.8 Å². The van der Waals surface area contributed by atoms with E-state index in [9.17, 15) is 0 Å². The predicted molar refractivity (Wildman–Crippen MR) is 70.4 cm³/mol. The molecule has 0 aliphatic carbocycles. The fourth-order valence-corrected chi connectivity index (χ4v) is 2.39. The van der Waals surface area contributed by atoms with Crippen LogP contribution in [0.4, 0.5) is 5.69 Å². The standard InChI is InChI=1S/C11H16BrNS/c1-3-14-5-4-13-11-7-9(2)6-10(12)8-11/h6-8,13H,3-5H2,1-2H3. The van der Waals surface area contributed by atoms with Crippen molar-refractivity contribution in [1.29, 1.82) is 0 Å².